The molecule has 0 fully saturated rings. The summed E-state index contributed by atoms with van der Waals surface area (Å²) in [7, 11) is 0. The minimum absolute atomic E-state index is 0.0895. The van der Waals surface area contributed by atoms with E-state index in [2.05, 4.69) is 29.4 Å². The van der Waals surface area contributed by atoms with Crippen molar-refractivity contribution in [3.05, 3.63) is 23.8 Å². The summed E-state index contributed by atoms with van der Waals surface area (Å²) in [5.41, 5.74) is 1.83. The number of hydrogen-bond acceptors (Lipinski definition) is 3. The van der Waals surface area contributed by atoms with E-state index in [4.69, 9.17) is 4.74 Å². The monoisotopic (exact) mass is 244 g/mol. The van der Waals surface area contributed by atoms with Crippen molar-refractivity contribution in [1.29, 1.82) is 0 Å². The van der Waals surface area contributed by atoms with E-state index in [0.717, 1.165) is 17.0 Å². The van der Waals surface area contributed by atoms with Crippen LogP contribution < -0.4 is 15.4 Å². The third-order valence-electron chi connectivity index (χ3n) is 2.81. The molecule has 0 bridgehead atoms. The molecule has 0 aliphatic carbocycles. The molecule has 1 aromatic carbocycles. The van der Waals surface area contributed by atoms with Crippen LogP contribution in [-0.4, -0.2) is 19.1 Å². The second-order valence-corrected chi connectivity index (χ2v) is 4.12. The largest absolute Gasteiger partial charge is 0.482 e. The van der Waals surface area contributed by atoms with E-state index in [9.17, 15) is 4.79 Å². The van der Waals surface area contributed by atoms with Crippen molar-refractivity contribution in [1.82, 2.24) is 5.32 Å². The smallest absolute Gasteiger partial charge is 0.262 e. The topological polar surface area (TPSA) is 50.4 Å². The van der Waals surface area contributed by atoms with Gasteiger partial charge in [-0.2, -0.15) is 0 Å². The molecule has 4 heteroatoms. The quantitative estimate of drug-likeness (QED) is 0.796. The molecule has 1 aliphatic rings. The van der Waals surface area contributed by atoms with Gasteiger partial charge in [-0.3, -0.25) is 10.1 Å². The number of ether oxygens (including phenoxy) is 1. The van der Waals surface area contributed by atoms with Crippen LogP contribution in [0.5, 0.6) is 5.75 Å². The Morgan fingerprint density at radius 1 is 1.56 bits per heavy atom. The number of amides is 1. The van der Waals surface area contributed by atoms with E-state index in [1.165, 1.54) is 0 Å². The average molecular weight is 244 g/mol. The first-order valence-electron chi connectivity index (χ1n) is 5.90. The third-order valence-corrected chi connectivity index (χ3v) is 2.81. The Balaban J connectivity index is 2.11. The van der Waals surface area contributed by atoms with Gasteiger partial charge in [-0.15, -0.1) is 5.92 Å². The lowest BCUT2D eigenvalue weighted by Gasteiger charge is -2.20. The molecule has 18 heavy (non-hydrogen) atoms. The van der Waals surface area contributed by atoms with Crippen molar-refractivity contribution >= 4 is 11.6 Å². The maximum Gasteiger partial charge on any atom is 0.262 e. The van der Waals surface area contributed by atoms with Crippen molar-refractivity contribution in [2.75, 3.05) is 18.5 Å². The molecule has 1 atom stereocenters. The highest BCUT2D eigenvalue weighted by Gasteiger charge is 2.17. The van der Waals surface area contributed by atoms with Gasteiger partial charge in [0, 0.05) is 6.04 Å². The Bertz CT molecular complexity index is 514. The zero-order valence-electron chi connectivity index (χ0n) is 10.5. The highest BCUT2D eigenvalue weighted by molar-refractivity contribution is 5.95. The maximum atomic E-state index is 11.2. The molecule has 94 valence electrons. The Hall–Kier alpha value is -1.99. The molecule has 4 nitrogen and oxygen atoms in total. The highest BCUT2D eigenvalue weighted by atomic mass is 16.5. The molecule has 1 aliphatic heterocycles. The lowest BCUT2D eigenvalue weighted by Crippen LogP contribution is -2.26. The van der Waals surface area contributed by atoms with Crippen LogP contribution in [0.15, 0.2) is 18.2 Å². The summed E-state index contributed by atoms with van der Waals surface area (Å²) >= 11 is 0. The zero-order valence-corrected chi connectivity index (χ0v) is 10.5. The van der Waals surface area contributed by atoms with Crippen molar-refractivity contribution in [2.24, 2.45) is 0 Å². The molecule has 2 N–H and O–H groups in total. The molecule has 0 saturated heterocycles. The molecule has 1 amide bonds. The van der Waals surface area contributed by atoms with Crippen LogP contribution in [0, 0.1) is 11.8 Å². The second-order valence-electron chi connectivity index (χ2n) is 4.12. The number of rotatable bonds is 3. The summed E-state index contributed by atoms with van der Waals surface area (Å²) < 4.78 is 5.31. The van der Waals surface area contributed by atoms with E-state index in [1.807, 2.05) is 25.1 Å². The molecule has 2 rings (SSSR count). The summed E-state index contributed by atoms with van der Waals surface area (Å²) in [6.45, 7) is 4.62. The molecule has 0 saturated carbocycles. The van der Waals surface area contributed by atoms with Gasteiger partial charge >= 0.3 is 0 Å². The predicted molar refractivity (Wildman–Crippen MR) is 70.4 cm³/mol. The Kier molecular flexibility index (Phi) is 3.85. The number of fused-ring (bicyclic) bond motifs is 1. The Morgan fingerprint density at radius 3 is 3.17 bits per heavy atom. The molecule has 1 heterocycles. The third kappa shape index (κ3) is 2.82. The highest BCUT2D eigenvalue weighted by Crippen LogP contribution is 2.30. The summed E-state index contributed by atoms with van der Waals surface area (Å²) in [5, 5.41) is 6.09. The minimum Gasteiger partial charge on any atom is -0.482 e. The van der Waals surface area contributed by atoms with Crippen molar-refractivity contribution in [3.63, 3.8) is 0 Å². The van der Waals surface area contributed by atoms with Gasteiger partial charge in [-0.1, -0.05) is 12.0 Å². The Labute approximate surface area is 107 Å². The van der Waals surface area contributed by atoms with Gasteiger partial charge in [0.15, 0.2) is 6.61 Å². The lowest BCUT2D eigenvalue weighted by molar-refractivity contribution is -0.118. The van der Waals surface area contributed by atoms with Crippen molar-refractivity contribution < 1.29 is 9.53 Å². The molecule has 0 spiro atoms. The first-order chi connectivity index (χ1) is 8.70. The van der Waals surface area contributed by atoms with Crippen LogP contribution in [-0.2, 0) is 4.79 Å². The zero-order chi connectivity index (χ0) is 13.0. The minimum atomic E-state index is -0.114. The molecular weight excluding hydrogens is 228 g/mol. The van der Waals surface area contributed by atoms with E-state index in [1.54, 1.807) is 0 Å². The molecule has 1 aromatic rings. The summed E-state index contributed by atoms with van der Waals surface area (Å²) in [5.74, 6) is 6.41. The van der Waals surface area contributed by atoms with Gasteiger partial charge in [0.1, 0.15) is 5.75 Å². The normalized spacial score (nSPS) is 14.7. The first kappa shape index (κ1) is 12.5. The number of hydrogen-bond donors (Lipinski definition) is 2. The van der Waals surface area contributed by atoms with E-state index in [-0.39, 0.29) is 18.6 Å². The second kappa shape index (κ2) is 5.56. The fourth-order valence-electron chi connectivity index (χ4n) is 1.78. The first-order valence-corrected chi connectivity index (χ1v) is 5.90. The lowest BCUT2D eigenvalue weighted by atomic mass is 10.1. The number of anilines is 1. The van der Waals surface area contributed by atoms with Gasteiger partial charge < -0.3 is 10.1 Å². The number of nitrogens with one attached hydrogen (secondary N) is 2. The summed E-state index contributed by atoms with van der Waals surface area (Å²) in [6, 6.07) is 5.99. The van der Waals surface area contributed by atoms with Crippen LogP contribution in [0.1, 0.15) is 25.5 Å². The van der Waals surface area contributed by atoms with Gasteiger partial charge in [-0.05, 0) is 31.5 Å². The molecule has 0 aromatic heterocycles. The van der Waals surface area contributed by atoms with Crippen LogP contribution >= 0.6 is 0 Å². The van der Waals surface area contributed by atoms with Gasteiger partial charge in [-0.25, -0.2) is 0 Å². The number of carbonyl (C=O) groups is 1. The SMILES string of the molecule is CC#CCNC(C)c1ccc2c(c1)NC(=O)CO2. The van der Waals surface area contributed by atoms with Crippen LogP contribution in [0.4, 0.5) is 5.69 Å². The summed E-state index contributed by atoms with van der Waals surface area (Å²) in [4.78, 5) is 11.2. The van der Waals surface area contributed by atoms with E-state index >= 15 is 0 Å². The van der Waals surface area contributed by atoms with Crippen molar-refractivity contribution in [2.45, 2.75) is 19.9 Å². The van der Waals surface area contributed by atoms with E-state index in [0.29, 0.717) is 6.54 Å². The van der Waals surface area contributed by atoms with Crippen LogP contribution in [0.2, 0.25) is 0 Å². The van der Waals surface area contributed by atoms with Gasteiger partial charge in [0.05, 0.1) is 12.2 Å². The standard InChI is InChI=1S/C14H16N2O2/c1-3-4-7-15-10(2)11-5-6-13-12(8-11)16-14(17)9-18-13/h5-6,8,10,15H,7,9H2,1-2H3,(H,16,17). The molecular formula is C14H16N2O2. The fourth-order valence-corrected chi connectivity index (χ4v) is 1.78. The number of carbonyl (C=O) groups excluding carboxylic acids is 1. The van der Waals surface area contributed by atoms with Crippen LogP contribution in [0.25, 0.3) is 0 Å². The predicted octanol–water partition coefficient (Wildman–Crippen LogP) is 1.69. The molecule has 0 radical (unpaired) electrons. The van der Waals surface area contributed by atoms with Gasteiger partial charge in [0.2, 0.25) is 0 Å². The average Bonchev–Trinajstić information content (AvgIpc) is 2.38. The maximum absolute atomic E-state index is 11.2. The van der Waals surface area contributed by atoms with Crippen LogP contribution in [0.3, 0.4) is 0 Å². The van der Waals surface area contributed by atoms with E-state index < -0.39 is 0 Å². The van der Waals surface area contributed by atoms with Gasteiger partial charge in [0.25, 0.3) is 5.91 Å². The number of benzene rings is 1. The Morgan fingerprint density at radius 2 is 2.39 bits per heavy atom. The molecule has 1 unspecified atom stereocenters. The fraction of sp³-hybridized carbons (Fsp3) is 0.357. The summed E-state index contributed by atoms with van der Waals surface area (Å²) in [6.07, 6.45) is 0. The van der Waals surface area contributed by atoms with Crippen molar-refractivity contribution in [3.8, 4) is 17.6 Å².